The van der Waals surface area contributed by atoms with E-state index in [9.17, 15) is 4.79 Å². The highest BCUT2D eigenvalue weighted by atomic mass is 32.2. The van der Waals surface area contributed by atoms with Crippen LogP contribution >= 0.6 is 34.9 Å². The van der Waals surface area contributed by atoms with Gasteiger partial charge in [-0.05, 0) is 16.9 Å². The fraction of sp³-hybridized carbons (Fsp3) is 0.538. The van der Waals surface area contributed by atoms with Gasteiger partial charge in [0, 0.05) is 17.3 Å². The van der Waals surface area contributed by atoms with Crippen LogP contribution in [0.2, 0.25) is 0 Å². The number of hydrogen-bond acceptors (Lipinski definition) is 5. The number of thiophene rings is 1. The Hall–Kier alpha value is -0.460. The Morgan fingerprint density at radius 1 is 1.42 bits per heavy atom. The van der Waals surface area contributed by atoms with E-state index in [1.165, 1.54) is 5.75 Å². The molecule has 1 aliphatic rings. The van der Waals surface area contributed by atoms with E-state index >= 15 is 0 Å². The molecule has 0 aliphatic carbocycles. The highest BCUT2D eigenvalue weighted by molar-refractivity contribution is 8.06. The quantitative estimate of drug-likeness (QED) is 0.920. The van der Waals surface area contributed by atoms with Gasteiger partial charge in [0.15, 0.2) is 0 Å². The van der Waals surface area contributed by atoms with Gasteiger partial charge in [0.2, 0.25) is 0 Å². The van der Waals surface area contributed by atoms with Crippen LogP contribution in [0.1, 0.15) is 36.4 Å². The van der Waals surface area contributed by atoms with Gasteiger partial charge in [-0.2, -0.15) is 11.8 Å². The summed E-state index contributed by atoms with van der Waals surface area (Å²) in [5, 5.41) is 3.20. The molecule has 3 nitrogen and oxygen atoms in total. The first-order chi connectivity index (χ1) is 9.16. The predicted molar refractivity (Wildman–Crippen MR) is 86.9 cm³/mol. The summed E-state index contributed by atoms with van der Waals surface area (Å²) in [4.78, 5) is 20.9. The second-order valence-electron chi connectivity index (χ2n) is 4.91. The van der Waals surface area contributed by atoms with E-state index < -0.39 is 0 Å². The smallest absolute Gasteiger partial charge is 0.259 e. The Morgan fingerprint density at radius 2 is 2.26 bits per heavy atom. The maximum atomic E-state index is 12.3. The van der Waals surface area contributed by atoms with Gasteiger partial charge < -0.3 is 4.98 Å². The van der Waals surface area contributed by atoms with Gasteiger partial charge in [0.25, 0.3) is 5.56 Å². The number of aromatic nitrogens is 2. The monoisotopic (exact) mass is 312 g/mol. The van der Waals surface area contributed by atoms with Crippen molar-refractivity contribution in [3.05, 3.63) is 27.1 Å². The maximum absolute atomic E-state index is 12.3. The molecule has 102 valence electrons. The van der Waals surface area contributed by atoms with Crippen LogP contribution in [0.3, 0.4) is 0 Å². The minimum absolute atomic E-state index is 0.0288. The topological polar surface area (TPSA) is 45.8 Å². The van der Waals surface area contributed by atoms with E-state index in [0.29, 0.717) is 11.2 Å². The van der Waals surface area contributed by atoms with E-state index in [0.717, 1.165) is 33.1 Å². The number of fused-ring (bicyclic) bond motifs is 1. The van der Waals surface area contributed by atoms with Crippen molar-refractivity contribution in [1.82, 2.24) is 9.97 Å². The zero-order chi connectivity index (χ0) is 13.4. The average molecular weight is 312 g/mol. The standard InChI is InChI=1S/C13H16N2OS3/c1-7(2)8-5-19-13-10(8)12(16)14-11(15-13)9-6-17-3-4-18-9/h5,7,9H,3-4,6H2,1-2H3,(H,14,15,16)/t9-/m1/s1. The normalized spacial score (nSPS) is 20.3. The van der Waals surface area contributed by atoms with Crippen molar-refractivity contribution in [3.63, 3.8) is 0 Å². The molecule has 3 rings (SSSR count). The molecule has 3 heterocycles. The van der Waals surface area contributed by atoms with Crippen LogP contribution < -0.4 is 5.56 Å². The van der Waals surface area contributed by atoms with Gasteiger partial charge in [-0.3, -0.25) is 4.79 Å². The lowest BCUT2D eigenvalue weighted by Gasteiger charge is -2.19. The summed E-state index contributed by atoms with van der Waals surface area (Å²) in [5.74, 6) is 4.60. The lowest BCUT2D eigenvalue weighted by atomic mass is 10.0. The van der Waals surface area contributed by atoms with E-state index in [-0.39, 0.29) is 5.56 Å². The molecule has 19 heavy (non-hydrogen) atoms. The average Bonchev–Trinajstić information content (AvgIpc) is 2.84. The minimum Gasteiger partial charge on any atom is -0.309 e. The fourth-order valence-electron chi connectivity index (χ4n) is 2.21. The summed E-state index contributed by atoms with van der Waals surface area (Å²) in [6.45, 7) is 4.23. The summed E-state index contributed by atoms with van der Waals surface area (Å²) in [5.41, 5.74) is 1.15. The van der Waals surface area contributed by atoms with Crippen LogP contribution in [-0.4, -0.2) is 27.2 Å². The maximum Gasteiger partial charge on any atom is 0.259 e. The van der Waals surface area contributed by atoms with Crippen molar-refractivity contribution < 1.29 is 0 Å². The largest absolute Gasteiger partial charge is 0.309 e. The van der Waals surface area contributed by atoms with Crippen LogP contribution in [0.15, 0.2) is 10.2 Å². The second-order valence-corrected chi connectivity index (χ2v) is 8.23. The van der Waals surface area contributed by atoms with Gasteiger partial charge in [-0.1, -0.05) is 13.8 Å². The van der Waals surface area contributed by atoms with Crippen molar-refractivity contribution in [2.24, 2.45) is 0 Å². The number of nitrogens with one attached hydrogen (secondary N) is 1. The number of thioether (sulfide) groups is 2. The minimum atomic E-state index is 0.0288. The van der Waals surface area contributed by atoms with Crippen molar-refractivity contribution >= 4 is 45.1 Å². The molecule has 2 aromatic rings. The molecule has 1 atom stereocenters. The molecular formula is C13H16N2OS3. The highest BCUT2D eigenvalue weighted by Crippen LogP contribution is 2.36. The summed E-state index contributed by atoms with van der Waals surface area (Å²) in [6, 6.07) is 0. The Morgan fingerprint density at radius 3 is 2.95 bits per heavy atom. The van der Waals surface area contributed by atoms with Crippen molar-refractivity contribution in [3.8, 4) is 0 Å². The summed E-state index contributed by atoms with van der Waals surface area (Å²) < 4.78 is 0. The highest BCUT2D eigenvalue weighted by Gasteiger charge is 2.21. The molecule has 1 saturated heterocycles. The molecule has 0 aromatic carbocycles. The Labute approximate surface area is 124 Å². The van der Waals surface area contributed by atoms with Gasteiger partial charge in [-0.25, -0.2) is 4.98 Å². The third-order valence-electron chi connectivity index (χ3n) is 3.23. The van der Waals surface area contributed by atoms with Gasteiger partial charge in [0.1, 0.15) is 10.7 Å². The third-order valence-corrected chi connectivity index (χ3v) is 6.89. The van der Waals surface area contributed by atoms with Crippen molar-refractivity contribution in [2.75, 3.05) is 17.3 Å². The van der Waals surface area contributed by atoms with E-state index in [1.54, 1.807) is 11.3 Å². The number of rotatable bonds is 2. The van der Waals surface area contributed by atoms with Crippen molar-refractivity contribution in [2.45, 2.75) is 25.0 Å². The molecule has 1 N–H and O–H groups in total. The van der Waals surface area contributed by atoms with Crippen LogP contribution in [0.4, 0.5) is 0 Å². The number of H-pyrrole nitrogens is 1. The molecular weight excluding hydrogens is 296 g/mol. The number of nitrogens with zero attached hydrogens (tertiary/aromatic N) is 1. The number of hydrogen-bond donors (Lipinski definition) is 1. The first-order valence-corrected chi connectivity index (χ1v) is 9.45. The van der Waals surface area contributed by atoms with Crippen LogP contribution in [0, 0.1) is 0 Å². The molecule has 2 aromatic heterocycles. The predicted octanol–water partition coefficient (Wildman–Crippen LogP) is 3.63. The Kier molecular flexibility index (Phi) is 3.91. The molecule has 0 bridgehead atoms. The van der Waals surface area contributed by atoms with Crippen LogP contribution in [0.5, 0.6) is 0 Å². The summed E-state index contributed by atoms with van der Waals surface area (Å²) in [7, 11) is 0. The first-order valence-electron chi connectivity index (χ1n) is 6.37. The SMILES string of the molecule is CC(C)c1csc2nc([C@H]3CSCCS3)[nH]c(=O)c12. The molecule has 1 aliphatic heterocycles. The molecule has 0 radical (unpaired) electrons. The molecule has 0 spiro atoms. The molecule has 0 saturated carbocycles. The molecule has 6 heteroatoms. The molecule has 0 unspecified atom stereocenters. The van der Waals surface area contributed by atoms with Crippen molar-refractivity contribution in [1.29, 1.82) is 0 Å². The van der Waals surface area contributed by atoms with Crippen LogP contribution in [0.25, 0.3) is 10.2 Å². The Bertz CT molecular complexity index is 641. The summed E-state index contributed by atoms with van der Waals surface area (Å²) in [6.07, 6.45) is 0. The Balaban J connectivity index is 2.07. The van der Waals surface area contributed by atoms with Gasteiger partial charge in [-0.15, -0.1) is 23.1 Å². The second kappa shape index (κ2) is 5.50. The zero-order valence-electron chi connectivity index (χ0n) is 10.9. The molecule has 0 amide bonds. The van der Waals surface area contributed by atoms with Gasteiger partial charge in [0.05, 0.1) is 10.6 Å². The summed E-state index contributed by atoms with van der Waals surface area (Å²) >= 11 is 5.42. The third kappa shape index (κ3) is 2.58. The fourth-order valence-corrected chi connectivity index (χ4v) is 5.94. The van der Waals surface area contributed by atoms with E-state index in [2.05, 4.69) is 24.2 Å². The zero-order valence-corrected chi connectivity index (χ0v) is 13.4. The lowest BCUT2D eigenvalue weighted by molar-refractivity contribution is 0.874. The van der Waals surface area contributed by atoms with Gasteiger partial charge >= 0.3 is 0 Å². The van der Waals surface area contributed by atoms with E-state index in [4.69, 9.17) is 4.98 Å². The first kappa shape index (κ1) is 13.5. The van der Waals surface area contributed by atoms with E-state index in [1.807, 2.05) is 23.5 Å². The lowest BCUT2D eigenvalue weighted by Crippen LogP contribution is -2.17. The number of aromatic amines is 1. The van der Waals surface area contributed by atoms with Crippen LogP contribution in [-0.2, 0) is 0 Å². The molecule has 1 fully saturated rings.